The zero-order valence-electron chi connectivity index (χ0n) is 24.3. The summed E-state index contributed by atoms with van der Waals surface area (Å²) in [6, 6.07) is 14.1. The molecule has 0 radical (unpaired) electrons. The minimum Gasteiger partial charge on any atom is -0.392 e. The van der Waals surface area contributed by atoms with E-state index < -0.39 is 6.09 Å². The zero-order chi connectivity index (χ0) is 29.7. The summed E-state index contributed by atoms with van der Waals surface area (Å²) < 4.78 is 0. The Bertz CT molecular complexity index is 1770. The highest BCUT2D eigenvalue weighted by atomic mass is 16.7. The molecule has 0 bridgehead atoms. The topological polar surface area (TPSA) is 115 Å². The molecular formula is C33H34N6O4. The molecule has 2 aromatic carbocycles. The number of nitrogens with one attached hydrogen (secondary N) is 1. The van der Waals surface area contributed by atoms with Gasteiger partial charge in [-0.15, -0.1) is 5.06 Å². The number of hydrogen-bond donors (Lipinski definition) is 2. The van der Waals surface area contributed by atoms with E-state index in [1.54, 1.807) is 24.1 Å². The highest BCUT2D eigenvalue weighted by Gasteiger charge is 2.31. The molecule has 3 aliphatic rings. The highest BCUT2D eigenvalue weighted by Crippen LogP contribution is 2.42. The van der Waals surface area contributed by atoms with E-state index in [0.717, 1.165) is 39.8 Å². The van der Waals surface area contributed by atoms with Crippen LogP contribution in [0.4, 0.5) is 10.5 Å². The number of hydrogen-bond acceptors (Lipinski definition) is 7. The van der Waals surface area contributed by atoms with Gasteiger partial charge in [0.05, 0.1) is 24.5 Å². The van der Waals surface area contributed by atoms with Crippen molar-refractivity contribution in [2.45, 2.75) is 38.2 Å². The van der Waals surface area contributed by atoms with Gasteiger partial charge in [-0.3, -0.25) is 4.79 Å². The predicted octanol–water partition coefficient (Wildman–Crippen LogP) is 4.90. The summed E-state index contributed by atoms with van der Waals surface area (Å²) in [6.45, 7) is 1.37. The molecule has 43 heavy (non-hydrogen) atoms. The molecule has 4 aromatic rings. The van der Waals surface area contributed by atoms with Crippen LogP contribution in [0.3, 0.4) is 0 Å². The van der Waals surface area contributed by atoms with Crippen LogP contribution in [0.5, 0.6) is 0 Å². The van der Waals surface area contributed by atoms with Crippen LogP contribution in [0.2, 0.25) is 0 Å². The third kappa shape index (κ3) is 5.06. The van der Waals surface area contributed by atoms with Gasteiger partial charge in [-0.25, -0.2) is 14.8 Å². The maximum absolute atomic E-state index is 13.7. The standard InChI is InChI=1S/C33H34N6O4/c1-37(2)33(42)43-38-13-10-21(11-14-38)28-17-26-30(34-19-35-31(26)36-28)25-4-3-5-29(27(25)18-40)39-15-12-23-16-22(20-6-7-20)8-9-24(23)32(39)41/h3-5,8-10,16-17,19-20,40H,6-7,11-15,18H2,1-2H3,(H,34,35,36). The summed E-state index contributed by atoms with van der Waals surface area (Å²) >= 11 is 0. The number of aromatic amines is 1. The molecule has 1 saturated carbocycles. The van der Waals surface area contributed by atoms with Gasteiger partial charge in [-0.2, -0.15) is 0 Å². The van der Waals surface area contributed by atoms with Crippen molar-refractivity contribution in [3.63, 3.8) is 0 Å². The molecule has 2 N–H and O–H groups in total. The van der Waals surface area contributed by atoms with Crippen molar-refractivity contribution in [2.24, 2.45) is 0 Å². The molecule has 10 nitrogen and oxygen atoms in total. The van der Waals surface area contributed by atoms with Crippen LogP contribution >= 0.6 is 0 Å². The predicted molar refractivity (Wildman–Crippen MR) is 163 cm³/mol. The Balaban J connectivity index is 1.19. The van der Waals surface area contributed by atoms with E-state index in [4.69, 9.17) is 4.84 Å². The SMILES string of the molecule is CN(C)C(=O)ON1CC=C(c2cc3c(-c4cccc(N5CCc6cc(C7CC7)ccc6C5=O)c4CO)ncnc3[nH]2)CC1. The number of aromatic nitrogens is 3. The van der Waals surface area contributed by atoms with Gasteiger partial charge in [0.15, 0.2) is 0 Å². The summed E-state index contributed by atoms with van der Waals surface area (Å²) in [5.41, 5.74) is 8.71. The number of amides is 2. The van der Waals surface area contributed by atoms with Crippen molar-refractivity contribution in [1.82, 2.24) is 24.9 Å². The van der Waals surface area contributed by atoms with Crippen LogP contribution in [0.1, 0.15) is 57.9 Å². The number of aliphatic hydroxyl groups excluding tert-OH is 1. The molecule has 0 saturated heterocycles. The summed E-state index contributed by atoms with van der Waals surface area (Å²) in [5, 5.41) is 13.1. The lowest BCUT2D eigenvalue weighted by Gasteiger charge is -2.31. The van der Waals surface area contributed by atoms with Crippen molar-refractivity contribution in [2.75, 3.05) is 38.6 Å². The molecule has 2 amide bonds. The van der Waals surface area contributed by atoms with E-state index in [2.05, 4.69) is 27.1 Å². The number of carbonyl (C=O) groups excluding carboxylic acids is 2. The Morgan fingerprint density at radius 3 is 2.70 bits per heavy atom. The van der Waals surface area contributed by atoms with Gasteiger partial charge in [0, 0.05) is 55.0 Å². The fraction of sp³-hybridized carbons (Fsp3) is 0.333. The maximum Gasteiger partial charge on any atom is 0.428 e. The van der Waals surface area contributed by atoms with Crippen molar-refractivity contribution < 1.29 is 19.5 Å². The summed E-state index contributed by atoms with van der Waals surface area (Å²) in [4.78, 5) is 46.8. The first-order chi connectivity index (χ1) is 20.9. The van der Waals surface area contributed by atoms with Crippen LogP contribution in [-0.4, -0.2) is 75.8 Å². The van der Waals surface area contributed by atoms with E-state index in [-0.39, 0.29) is 12.5 Å². The van der Waals surface area contributed by atoms with E-state index in [1.807, 2.05) is 36.4 Å². The molecule has 0 unspecified atom stereocenters. The molecule has 2 aromatic heterocycles. The van der Waals surface area contributed by atoms with Crippen LogP contribution in [0, 0.1) is 0 Å². The second kappa shape index (κ2) is 10.9. The van der Waals surface area contributed by atoms with Gasteiger partial charge in [0.25, 0.3) is 5.91 Å². The number of fused-ring (bicyclic) bond motifs is 2. The first-order valence-corrected chi connectivity index (χ1v) is 14.8. The quantitative estimate of drug-likeness (QED) is 0.335. The second-order valence-electron chi connectivity index (χ2n) is 11.6. The lowest BCUT2D eigenvalue weighted by molar-refractivity contribution is -0.101. The van der Waals surface area contributed by atoms with Crippen molar-refractivity contribution >= 4 is 34.3 Å². The lowest BCUT2D eigenvalue weighted by atomic mass is 9.93. The summed E-state index contributed by atoms with van der Waals surface area (Å²) in [5.74, 6) is 0.605. The zero-order valence-corrected chi connectivity index (χ0v) is 24.3. The second-order valence-corrected chi connectivity index (χ2v) is 11.6. The van der Waals surface area contributed by atoms with Crippen LogP contribution in [0.25, 0.3) is 27.9 Å². The van der Waals surface area contributed by atoms with Gasteiger partial charge < -0.3 is 24.7 Å². The largest absolute Gasteiger partial charge is 0.428 e. The highest BCUT2D eigenvalue weighted by molar-refractivity contribution is 6.09. The fourth-order valence-electron chi connectivity index (χ4n) is 6.12. The number of H-pyrrole nitrogens is 1. The number of hydroxylamine groups is 2. The molecule has 7 rings (SSSR count). The molecule has 10 heteroatoms. The number of anilines is 1. The maximum atomic E-state index is 13.7. The Kier molecular flexibility index (Phi) is 6.95. The summed E-state index contributed by atoms with van der Waals surface area (Å²) in [6.07, 6.45) is 7.08. The first kappa shape index (κ1) is 27.3. The third-order valence-corrected chi connectivity index (χ3v) is 8.63. The van der Waals surface area contributed by atoms with Gasteiger partial charge >= 0.3 is 6.09 Å². The normalized spacial score (nSPS) is 17.1. The van der Waals surface area contributed by atoms with E-state index in [1.165, 1.54) is 29.6 Å². The first-order valence-electron chi connectivity index (χ1n) is 14.8. The molecule has 0 atom stereocenters. The van der Waals surface area contributed by atoms with Crippen molar-refractivity contribution in [3.8, 4) is 11.3 Å². The summed E-state index contributed by atoms with van der Waals surface area (Å²) in [7, 11) is 3.31. The number of rotatable bonds is 6. The Labute approximate surface area is 249 Å². The Hall–Kier alpha value is -4.54. The lowest BCUT2D eigenvalue weighted by Crippen LogP contribution is -2.38. The van der Waals surface area contributed by atoms with E-state index in [9.17, 15) is 14.7 Å². The minimum absolute atomic E-state index is 0.0400. The van der Waals surface area contributed by atoms with E-state index in [0.29, 0.717) is 54.6 Å². The Morgan fingerprint density at radius 2 is 1.95 bits per heavy atom. The van der Waals surface area contributed by atoms with Crippen molar-refractivity contribution in [1.29, 1.82) is 0 Å². The number of nitrogens with zero attached hydrogens (tertiary/aromatic N) is 5. The molecule has 2 aliphatic heterocycles. The molecule has 1 fully saturated rings. The minimum atomic E-state index is -0.400. The molecule has 4 heterocycles. The number of aliphatic hydroxyl groups is 1. The van der Waals surface area contributed by atoms with Gasteiger partial charge in [-0.1, -0.05) is 30.3 Å². The number of benzene rings is 2. The molecular weight excluding hydrogens is 544 g/mol. The average molecular weight is 579 g/mol. The third-order valence-electron chi connectivity index (χ3n) is 8.63. The van der Waals surface area contributed by atoms with Gasteiger partial charge in [0.1, 0.15) is 12.0 Å². The van der Waals surface area contributed by atoms with Crippen LogP contribution in [-0.2, 0) is 17.9 Å². The molecule has 1 aliphatic carbocycles. The monoisotopic (exact) mass is 578 g/mol. The van der Waals surface area contributed by atoms with Crippen LogP contribution < -0.4 is 4.90 Å². The molecule has 220 valence electrons. The number of carbonyl (C=O) groups is 2. The van der Waals surface area contributed by atoms with Gasteiger partial charge in [-0.05, 0) is 66.5 Å². The van der Waals surface area contributed by atoms with Crippen LogP contribution in [0.15, 0.2) is 54.9 Å². The van der Waals surface area contributed by atoms with Gasteiger partial charge in [0.2, 0.25) is 0 Å². The molecule has 0 spiro atoms. The Morgan fingerprint density at radius 1 is 1.09 bits per heavy atom. The van der Waals surface area contributed by atoms with E-state index >= 15 is 0 Å². The fourth-order valence-corrected chi connectivity index (χ4v) is 6.12. The average Bonchev–Trinajstić information content (AvgIpc) is 3.79. The smallest absolute Gasteiger partial charge is 0.392 e. The van der Waals surface area contributed by atoms with Crippen molar-refractivity contribution in [3.05, 3.63) is 82.8 Å².